The number of fused-ring (bicyclic) bond motifs is 1. The third-order valence-corrected chi connectivity index (χ3v) is 4.71. The SMILES string of the molecule is CCC=CCCOc1c(OC)c(=O)oc2cccc(OCC=C(C)CCC=C(C)C)c12. The van der Waals surface area contributed by atoms with Crippen molar-refractivity contribution in [1.29, 1.82) is 0 Å². The molecule has 0 unspecified atom stereocenters. The summed E-state index contributed by atoms with van der Waals surface area (Å²) in [6.07, 6.45) is 12.2. The molecule has 0 aliphatic carbocycles. The molecule has 0 radical (unpaired) electrons. The molecular formula is C26H34O5. The Morgan fingerprint density at radius 2 is 1.84 bits per heavy atom. The van der Waals surface area contributed by atoms with E-state index >= 15 is 0 Å². The van der Waals surface area contributed by atoms with Crippen LogP contribution in [0.3, 0.4) is 0 Å². The van der Waals surface area contributed by atoms with Crippen molar-refractivity contribution in [2.75, 3.05) is 20.3 Å². The van der Waals surface area contributed by atoms with Crippen LogP contribution in [0.4, 0.5) is 0 Å². The van der Waals surface area contributed by atoms with Crippen LogP contribution >= 0.6 is 0 Å². The predicted octanol–water partition coefficient (Wildman–Crippen LogP) is 6.61. The fourth-order valence-corrected chi connectivity index (χ4v) is 3.08. The van der Waals surface area contributed by atoms with Crippen molar-refractivity contribution in [2.45, 2.75) is 53.4 Å². The number of rotatable bonds is 12. The molecule has 1 heterocycles. The quantitative estimate of drug-likeness (QED) is 0.217. The molecule has 0 saturated heterocycles. The Bertz CT molecular complexity index is 991. The predicted molar refractivity (Wildman–Crippen MR) is 126 cm³/mol. The number of allylic oxidation sites excluding steroid dienone is 4. The van der Waals surface area contributed by atoms with Crippen LogP contribution in [0.1, 0.15) is 53.4 Å². The highest BCUT2D eigenvalue weighted by molar-refractivity contribution is 5.91. The summed E-state index contributed by atoms with van der Waals surface area (Å²) in [4.78, 5) is 12.3. The van der Waals surface area contributed by atoms with Gasteiger partial charge in [0.25, 0.3) is 0 Å². The van der Waals surface area contributed by atoms with Gasteiger partial charge in [0.2, 0.25) is 5.75 Å². The van der Waals surface area contributed by atoms with Crippen LogP contribution < -0.4 is 19.8 Å². The van der Waals surface area contributed by atoms with Crippen molar-refractivity contribution in [3.05, 3.63) is 64.1 Å². The molecule has 168 valence electrons. The normalized spacial score (nSPS) is 11.7. The van der Waals surface area contributed by atoms with Gasteiger partial charge in [0, 0.05) is 0 Å². The summed E-state index contributed by atoms with van der Waals surface area (Å²) in [6, 6.07) is 5.37. The van der Waals surface area contributed by atoms with Crippen LogP contribution in [-0.4, -0.2) is 20.3 Å². The van der Waals surface area contributed by atoms with Gasteiger partial charge in [-0.1, -0.05) is 42.4 Å². The molecule has 0 aliphatic rings. The van der Waals surface area contributed by atoms with Gasteiger partial charge in [-0.3, -0.25) is 0 Å². The molecule has 2 rings (SSSR count). The molecular weight excluding hydrogens is 392 g/mol. The Kier molecular flexibility index (Phi) is 9.95. The fourth-order valence-electron chi connectivity index (χ4n) is 3.08. The molecule has 5 heteroatoms. The Balaban J connectivity index is 2.27. The summed E-state index contributed by atoms with van der Waals surface area (Å²) in [5.74, 6) is 1.00. The summed E-state index contributed by atoms with van der Waals surface area (Å²) >= 11 is 0. The maximum Gasteiger partial charge on any atom is 0.383 e. The Labute approximate surface area is 185 Å². The average molecular weight is 427 g/mol. The van der Waals surface area contributed by atoms with Gasteiger partial charge in [-0.15, -0.1) is 0 Å². The van der Waals surface area contributed by atoms with E-state index in [2.05, 4.69) is 52.0 Å². The van der Waals surface area contributed by atoms with Crippen molar-refractivity contribution >= 4 is 11.0 Å². The van der Waals surface area contributed by atoms with Crippen LogP contribution in [0.5, 0.6) is 17.2 Å². The highest BCUT2D eigenvalue weighted by Gasteiger charge is 2.20. The molecule has 0 aliphatic heterocycles. The van der Waals surface area contributed by atoms with Gasteiger partial charge in [-0.05, 0) is 64.7 Å². The summed E-state index contributed by atoms with van der Waals surface area (Å²) < 4.78 is 22.8. The van der Waals surface area contributed by atoms with Gasteiger partial charge in [0.1, 0.15) is 23.3 Å². The number of benzene rings is 1. The average Bonchev–Trinajstić information content (AvgIpc) is 2.73. The van der Waals surface area contributed by atoms with Gasteiger partial charge in [0.05, 0.1) is 13.7 Å². The first kappa shape index (κ1) is 24.3. The molecule has 1 aromatic carbocycles. The first-order valence-corrected chi connectivity index (χ1v) is 10.8. The van der Waals surface area contributed by atoms with E-state index in [9.17, 15) is 4.79 Å². The van der Waals surface area contributed by atoms with Crippen LogP contribution in [0.25, 0.3) is 11.0 Å². The molecule has 0 spiro atoms. The fraction of sp³-hybridized carbons (Fsp3) is 0.423. The van der Waals surface area contributed by atoms with Crippen LogP contribution in [-0.2, 0) is 0 Å². The van der Waals surface area contributed by atoms with Crippen molar-refractivity contribution in [1.82, 2.24) is 0 Å². The molecule has 0 amide bonds. The zero-order chi connectivity index (χ0) is 22.6. The Morgan fingerprint density at radius 1 is 1.03 bits per heavy atom. The summed E-state index contributed by atoms with van der Waals surface area (Å²) in [5.41, 5.74) is 2.43. The highest BCUT2D eigenvalue weighted by atomic mass is 16.5. The van der Waals surface area contributed by atoms with Crippen LogP contribution in [0.15, 0.2) is 62.9 Å². The maximum atomic E-state index is 12.3. The van der Waals surface area contributed by atoms with E-state index < -0.39 is 5.63 Å². The Morgan fingerprint density at radius 3 is 2.55 bits per heavy atom. The summed E-state index contributed by atoms with van der Waals surface area (Å²) in [6.45, 7) is 9.23. The smallest absolute Gasteiger partial charge is 0.383 e. The van der Waals surface area contributed by atoms with Crippen molar-refractivity contribution < 1.29 is 18.6 Å². The van der Waals surface area contributed by atoms with Crippen molar-refractivity contribution in [3.8, 4) is 17.2 Å². The number of hydrogen-bond acceptors (Lipinski definition) is 5. The van der Waals surface area contributed by atoms with Crippen molar-refractivity contribution in [3.63, 3.8) is 0 Å². The van der Waals surface area contributed by atoms with E-state index in [4.69, 9.17) is 18.6 Å². The van der Waals surface area contributed by atoms with E-state index in [1.54, 1.807) is 12.1 Å². The lowest BCUT2D eigenvalue weighted by Gasteiger charge is -2.14. The monoisotopic (exact) mass is 426 g/mol. The molecule has 0 atom stereocenters. The molecule has 0 bridgehead atoms. The molecule has 5 nitrogen and oxygen atoms in total. The molecule has 0 N–H and O–H groups in total. The lowest BCUT2D eigenvalue weighted by Crippen LogP contribution is -2.09. The molecule has 2 aromatic rings. The van der Waals surface area contributed by atoms with Crippen LogP contribution in [0, 0.1) is 0 Å². The molecule has 0 saturated carbocycles. The third kappa shape index (κ3) is 7.35. The van der Waals surface area contributed by atoms with E-state index in [0.717, 1.165) is 25.7 Å². The zero-order valence-electron chi connectivity index (χ0n) is 19.3. The van der Waals surface area contributed by atoms with E-state index in [1.165, 1.54) is 18.3 Å². The van der Waals surface area contributed by atoms with Gasteiger partial charge < -0.3 is 18.6 Å². The number of hydrogen-bond donors (Lipinski definition) is 0. The third-order valence-electron chi connectivity index (χ3n) is 4.71. The summed E-state index contributed by atoms with van der Waals surface area (Å²) in [7, 11) is 1.43. The van der Waals surface area contributed by atoms with E-state index in [1.807, 2.05) is 6.07 Å². The lowest BCUT2D eigenvalue weighted by atomic mass is 10.1. The minimum atomic E-state index is -0.568. The first-order valence-electron chi connectivity index (χ1n) is 10.8. The molecule has 1 aromatic heterocycles. The van der Waals surface area contributed by atoms with Gasteiger partial charge >= 0.3 is 5.63 Å². The maximum absolute atomic E-state index is 12.3. The molecule has 31 heavy (non-hydrogen) atoms. The van der Waals surface area contributed by atoms with Gasteiger partial charge in [0.15, 0.2) is 5.75 Å². The second-order valence-corrected chi connectivity index (χ2v) is 7.58. The van der Waals surface area contributed by atoms with E-state index in [-0.39, 0.29) is 5.75 Å². The largest absolute Gasteiger partial charge is 0.489 e. The highest BCUT2D eigenvalue weighted by Crippen LogP contribution is 2.38. The molecule has 0 fully saturated rings. The standard InChI is InChI=1S/C26H34O5/c1-6-7-8-9-17-30-24-23-21(29-18-16-20(4)13-10-12-19(2)3)14-11-15-22(23)31-26(27)25(24)28-5/h7-8,11-12,14-16H,6,9-10,13,17-18H2,1-5H3. The topological polar surface area (TPSA) is 57.9 Å². The van der Waals surface area contributed by atoms with Gasteiger partial charge in [-0.25, -0.2) is 4.79 Å². The second kappa shape index (κ2) is 12.7. The summed E-state index contributed by atoms with van der Waals surface area (Å²) in [5, 5.41) is 0.606. The van der Waals surface area contributed by atoms with Crippen LogP contribution in [0.2, 0.25) is 0 Å². The minimum absolute atomic E-state index is 0.0523. The number of ether oxygens (including phenoxy) is 3. The zero-order valence-corrected chi connectivity index (χ0v) is 19.3. The minimum Gasteiger partial charge on any atom is -0.489 e. The number of methoxy groups -OCH3 is 1. The Hall–Kier alpha value is -2.95. The van der Waals surface area contributed by atoms with Crippen molar-refractivity contribution in [2.24, 2.45) is 0 Å². The first-order chi connectivity index (χ1) is 15.0. The van der Waals surface area contributed by atoms with E-state index in [0.29, 0.717) is 35.7 Å². The second-order valence-electron chi connectivity index (χ2n) is 7.58. The van der Waals surface area contributed by atoms with Gasteiger partial charge in [-0.2, -0.15) is 0 Å². The lowest BCUT2D eigenvalue weighted by molar-refractivity contribution is 0.291.